The second kappa shape index (κ2) is 8.21. The van der Waals surface area contributed by atoms with Crippen LogP contribution in [-0.4, -0.2) is 52.6 Å². The van der Waals surface area contributed by atoms with Gasteiger partial charge in [0.1, 0.15) is 0 Å². The standard InChI is InChI=1S/C18H28N4OS/c1-24-18(7-2-8-18)14-20-17(23)21-16-5-11-22(12-6-16)13-15-3-9-19-10-4-15/h3-4,9-10,16H,2,5-8,11-14H2,1H3,(H2,20,21,23). The maximum atomic E-state index is 12.1. The summed E-state index contributed by atoms with van der Waals surface area (Å²) in [5, 5.41) is 6.24. The number of piperidine rings is 1. The molecule has 5 nitrogen and oxygen atoms in total. The van der Waals surface area contributed by atoms with E-state index in [1.54, 1.807) is 0 Å². The minimum Gasteiger partial charge on any atom is -0.337 e. The van der Waals surface area contributed by atoms with E-state index in [0.717, 1.165) is 39.0 Å². The quantitative estimate of drug-likeness (QED) is 0.830. The van der Waals surface area contributed by atoms with Crippen molar-refractivity contribution in [2.24, 2.45) is 0 Å². The van der Waals surface area contributed by atoms with Crippen molar-refractivity contribution in [1.82, 2.24) is 20.5 Å². The average Bonchev–Trinajstić information content (AvgIpc) is 2.57. The molecule has 2 N–H and O–H groups in total. The first-order chi connectivity index (χ1) is 11.7. The number of likely N-dealkylation sites (tertiary alicyclic amines) is 1. The predicted molar refractivity (Wildman–Crippen MR) is 99.2 cm³/mol. The zero-order chi connectivity index (χ0) is 16.8. The summed E-state index contributed by atoms with van der Waals surface area (Å²) < 4.78 is 0.297. The van der Waals surface area contributed by atoms with E-state index in [4.69, 9.17) is 0 Å². The Balaban J connectivity index is 1.35. The summed E-state index contributed by atoms with van der Waals surface area (Å²) in [5.41, 5.74) is 1.30. The van der Waals surface area contributed by atoms with Gasteiger partial charge in [0.25, 0.3) is 0 Å². The van der Waals surface area contributed by atoms with Gasteiger partial charge in [0.15, 0.2) is 0 Å². The van der Waals surface area contributed by atoms with Crippen molar-refractivity contribution in [1.29, 1.82) is 0 Å². The maximum Gasteiger partial charge on any atom is 0.315 e. The van der Waals surface area contributed by atoms with Gasteiger partial charge in [-0.2, -0.15) is 11.8 Å². The molecule has 6 heteroatoms. The molecule has 2 aliphatic rings. The number of thioether (sulfide) groups is 1. The lowest BCUT2D eigenvalue weighted by molar-refractivity contribution is 0.185. The van der Waals surface area contributed by atoms with Crippen LogP contribution in [-0.2, 0) is 6.54 Å². The first-order valence-electron chi connectivity index (χ1n) is 8.90. The Morgan fingerprint density at radius 1 is 1.33 bits per heavy atom. The molecule has 3 rings (SSSR count). The molecule has 132 valence electrons. The Morgan fingerprint density at radius 2 is 2.04 bits per heavy atom. The Labute approximate surface area is 149 Å². The van der Waals surface area contributed by atoms with Crippen LogP contribution in [0.3, 0.4) is 0 Å². The smallest absolute Gasteiger partial charge is 0.315 e. The van der Waals surface area contributed by atoms with E-state index in [0.29, 0.717) is 10.8 Å². The van der Waals surface area contributed by atoms with Crippen LogP contribution in [0.4, 0.5) is 4.79 Å². The third-order valence-corrected chi connectivity index (χ3v) is 6.77. The molecule has 0 radical (unpaired) electrons. The fourth-order valence-electron chi connectivity index (χ4n) is 3.48. The lowest BCUT2D eigenvalue weighted by Gasteiger charge is -2.40. The third-order valence-electron chi connectivity index (χ3n) is 5.35. The van der Waals surface area contributed by atoms with E-state index >= 15 is 0 Å². The topological polar surface area (TPSA) is 57.3 Å². The second-order valence-electron chi connectivity index (χ2n) is 6.97. The fourth-order valence-corrected chi connectivity index (χ4v) is 4.40. The first kappa shape index (κ1) is 17.5. The molecule has 0 spiro atoms. The number of carbonyl (C=O) groups excluding carboxylic acids is 1. The molecule has 0 bridgehead atoms. The van der Waals surface area contributed by atoms with Crippen LogP contribution in [0.25, 0.3) is 0 Å². The van der Waals surface area contributed by atoms with Gasteiger partial charge >= 0.3 is 6.03 Å². The Morgan fingerprint density at radius 3 is 2.62 bits per heavy atom. The van der Waals surface area contributed by atoms with Crippen molar-refractivity contribution in [3.63, 3.8) is 0 Å². The van der Waals surface area contributed by atoms with Crippen molar-refractivity contribution in [3.8, 4) is 0 Å². The summed E-state index contributed by atoms with van der Waals surface area (Å²) in [4.78, 5) is 18.6. The summed E-state index contributed by atoms with van der Waals surface area (Å²) in [5.74, 6) is 0. The van der Waals surface area contributed by atoms with E-state index in [2.05, 4.69) is 38.9 Å². The van der Waals surface area contributed by atoms with Gasteiger partial charge in [-0.25, -0.2) is 4.79 Å². The van der Waals surface area contributed by atoms with Crippen LogP contribution in [0.1, 0.15) is 37.7 Å². The molecule has 1 aliphatic heterocycles. The largest absolute Gasteiger partial charge is 0.337 e. The predicted octanol–water partition coefficient (Wildman–Crippen LogP) is 2.63. The number of pyridine rings is 1. The monoisotopic (exact) mass is 348 g/mol. The third kappa shape index (κ3) is 4.63. The van der Waals surface area contributed by atoms with Crippen molar-refractivity contribution in [2.75, 3.05) is 25.9 Å². The molecule has 24 heavy (non-hydrogen) atoms. The molecular weight excluding hydrogens is 320 g/mol. The molecule has 1 aliphatic carbocycles. The number of nitrogens with zero attached hydrogens (tertiary/aromatic N) is 2. The van der Waals surface area contributed by atoms with Crippen molar-refractivity contribution in [3.05, 3.63) is 30.1 Å². The fraction of sp³-hybridized carbons (Fsp3) is 0.667. The highest BCUT2D eigenvalue weighted by atomic mass is 32.2. The van der Waals surface area contributed by atoms with Crippen molar-refractivity contribution in [2.45, 2.75) is 49.4 Å². The Bertz CT molecular complexity index is 522. The van der Waals surface area contributed by atoms with E-state index < -0.39 is 0 Å². The summed E-state index contributed by atoms with van der Waals surface area (Å²) in [7, 11) is 0. The summed E-state index contributed by atoms with van der Waals surface area (Å²) in [6.07, 6.45) is 11.6. The van der Waals surface area contributed by atoms with Crippen LogP contribution in [0.5, 0.6) is 0 Å². The van der Waals surface area contributed by atoms with Crippen LogP contribution in [0, 0.1) is 0 Å². The van der Waals surface area contributed by atoms with E-state index in [9.17, 15) is 4.79 Å². The van der Waals surface area contributed by atoms with Gasteiger partial charge in [0.05, 0.1) is 0 Å². The normalized spacial score (nSPS) is 21.0. The molecule has 1 saturated heterocycles. The van der Waals surface area contributed by atoms with Gasteiger partial charge in [0, 0.05) is 49.4 Å². The molecule has 0 unspecified atom stereocenters. The average molecular weight is 349 g/mol. The van der Waals surface area contributed by atoms with Gasteiger partial charge in [-0.3, -0.25) is 9.88 Å². The van der Waals surface area contributed by atoms with Crippen LogP contribution < -0.4 is 10.6 Å². The number of nitrogens with one attached hydrogen (secondary N) is 2. The lowest BCUT2D eigenvalue weighted by Crippen LogP contribution is -2.51. The van der Waals surface area contributed by atoms with E-state index in [1.165, 1.54) is 24.8 Å². The van der Waals surface area contributed by atoms with Gasteiger partial charge < -0.3 is 10.6 Å². The van der Waals surface area contributed by atoms with Crippen molar-refractivity contribution >= 4 is 17.8 Å². The van der Waals surface area contributed by atoms with Gasteiger partial charge in [-0.15, -0.1) is 0 Å². The molecule has 0 aromatic carbocycles. The molecule has 1 saturated carbocycles. The second-order valence-corrected chi connectivity index (χ2v) is 8.25. The minimum absolute atomic E-state index is 0.00269. The maximum absolute atomic E-state index is 12.1. The SMILES string of the molecule is CSC1(CNC(=O)NC2CCN(Cc3ccncc3)CC2)CCC1. The number of aromatic nitrogens is 1. The van der Waals surface area contributed by atoms with Gasteiger partial charge in [-0.05, 0) is 49.6 Å². The summed E-state index contributed by atoms with van der Waals surface area (Å²) in [6, 6.07) is 4.44. The Hall–Kier alpha value is -1.27. The molecule has 2 fully saturated rings. The molecule has 0 atom stereocenters. The molecule has 1 aromatic rings. The van der Waals surface area contributed by atoms with Crippen LogP contribution in [0.2, 0.25) is 0 Å². The van der Waals surface area contributed by atoms with Gasteiger partial charge in [-0.1, -0.05) is 6.42 Å². The summed E-state index contributed by atoms with van der Waals surface area (Å²) >= 11 is 1.89. The number of urea groups is 1. The number of rotatable bonds is 6. The van der Waals surface area contributed by atoms with Gasteiger partial charge in [0.2, 0.25) is 0 Å². The minimum atomic E-state index is 0.00269. The Kier molecular flexibility index (Phi) is 6.00. The molecule has 1 aromatic heterocycles. The van der Waals surface area contributed by atoms with E-state index in [-0.39, 0.29) is 6.03 Å². The van der Waals surface area contributed by atoms with Crippen molar-refractivity contribution < 1.29 is 4.79 Å². The summed E-state index contributed by atoms with van der Waals surface area (Å²) in [6.45, 7) is 3.82. The number of carbonyl (C=O) groups is 1. The lowest BCUT2D eigenvalue weighted by atomic mass is 9.84. The molecular formula is C18H28N4OS. The zero-order valence-electron chi connectivity index (χ0n) is 14.5. The number of hydrogen-bond acceptors (Lipinski definition) is 4. The highest BCUT2D eigenvalue weighted by molar-refractivity contribution is 8.00. The molecule has 2 amide bonds. The highest BCUT2D eigenvalue weighted by Gasteiger charge is 2.36. The van der Waals surface area contributed by atoms with E-state index in [1.807, 2.05) is 24.2 Å². The first-order valence-corrected chi connectivity index (χ1v) is 10.1. The highest BCUT2D eigenvalue weighted by Crippen LogP contribution is 2.42. The zero-order valence-corrected chi connectivity index (χ0v) is 15.3. The number of hydrogen-bond donors (Lipinski definition) is 2. The van der Waals surface area contributed by atoms with Crippen LogP contribution in [0.15, 0.2) is 24.5 Å². The van der Waals surface area contributed by atoms with Crippen LogP contribution >= 0.6 is 11.8 Å². The molecule has 2 heterocycles. The number of amides is 2.